The van der Waals surface area contributed by atoms with Crippen molar-refractivity contribution in [2.45, 2.75) is 0 Å². The quantitative estimate of drug-likeness (QED) is 0.185. The molecule has 4 nitrogen and oxygen atoms in total. The first-order valence-corrected chi connectivity index (χ1v) is 18.4. The summed E-state index contributed by atoms with van der Waals surface area (Å²) < 4.78 is 4.77. The Morgan fingerprint density at radius 3 is 1.46 bits per heavy atom. The van der Waals surface area contributed by atoms with Gasteiger partial charge in [-0.05, 0) is 60.2 Å². The zero-order chi connectivity index (χ0) is 35.3. The maximum absolute atomic E-state index is 5.41. The normalized spacial score (nSPS) is 12.1. The molecule has 54 heavy (non-hydrogen) atoms. The van der Waals surface area contributed by atoms with E-state index in [1.807, 2.05) is 0 Å². The Kier molecular flexibility index (Phi) is 6.02. The molecule has 0 spiro atoms. The molecule has 0 unspecified atom stereocenters. The summed E-state index contributed by atoms with van der Waals surface area (Å²) in [6.07, 6.45) is 0. The monoisotopic (exact) mass is 686 g/mol. The van der Waals surface area contributed by atoms with Crippen molar-refractivity contribution in [3.63, 3.8) is 0 Å². The Labute approximate surface area is 310 Å². The molecule has 12 rings (SSSR count). The van der Waals surface area contributed by atoms with E-state index in [1.165, 1.54) is 59.9 Å². The van der Waals surface area contributed by atoms with E-state index in [4.69, 9.17) is 9.97 Å². The Hall–Kier alpha value is -7.30. The van der Waals surface area contributed by atoms with Gasteiger partial charge in [0.15, 0.2) is 5.82 Å². The van der Waals surface area contributed by atoms with Gasteiger partial charge in [-0.2, -0.15) is 0 Å². The van der Waals surface area contributed by atoms with Gasteiger partial charge in [-0.25, -0.2) is 9.97 Å². The van der Waals surface area contributed by atoms with Gasteiger partial charge in [0.2, 0.25) is 0 Å². The zero-order valence-corrected chi connectivity index (χ0v) is 29.1. The van der Waals surface area contributed by atoms with E-state index in [9.17, 15) is 0 Å². The number of rotatable bonds is 4. The summed E-state index contributed by atoms with van der Waals surface area (Å²) in [7, 11) is 0. The minimum absolute atomic E-state index is 0.716. The van der Waals surface area contributed by atoms with Crippen molar-refractivity contribution < 1.29 is 0 Å². The predicted octanol–water partition coefficient (Wildman–Crippen LogP) is 12.8. The third-order valence-electron chi connectivity index (χ3n) is 11.3. The Morgan fingerprint density at radius 1 is 0.333 bits per heavy atom. The minimum atomic E-state index is 0.716. The van der Waals surface area contributed by atoms with Gasteiger partial charge in [0, 0.05) is 60.3 Å². The Balaban J connectivity index is 1.06. The molecule has 11 aromatic rings. The maximum Gasteiger partial charge on any atom is 0.160 e. The van der Waals surface area contributed by atoms with Crippen LogP contribution in [0.1, 0.15) is 0 Å². The van der Waals surface area contributed by atoms with Gasteiger partial charge in [-0.15, -0.1) is 0 Å². The predicted molar refractivity (Wildman–Crippen MR) is 224 cm³/mol. The van der Waals surface area contributed by atoms with Crippen LogP contribution in [0.25, 0.3) is 111 Å². The molecule has 1 aliphatic carbocycles. The van der Waals surface area contributed by atoms with Crippen LogP contribution in [0.4, 0.5) is 0 Å². The van der Waals surface area contributed by atoms with Crippen molar-refractivity contribution >= 4 is 54.4 Å². The SMILES string of the molecule is c1ccc(-c2nc(-c3ccc(-n4c5ccccc5c5ccccc54)cc3)nc3c2-c2ccc(-n4c5ccccc5c5ccccc54)c4cccc-3c24)cc1. The summed E-state index contributed by atoms with van der Waals surface area (Å²) >= 11 is 0. The smallest absolute Gasteiger partial charge is 0.160 e. The number of nitrogens with zero attached hydrogens (tertiary/aromatic N) is 4. The first-order chi connectivity index (χ1) is 26.8. The molecule has 4 heteroatoms. The van der Waals surface area contributed by atoms with Gasteiger partial charge in [-0.3, -0.25) is 0 Å². The molecule has 3 heterocycles. The molecule has 3 aromatic heterocycles. The number of para-hydroxylation sites is 4. The summed E-state index contributed by atoms with van der Waals surface area (Å²) in [4.78, 5) is 10.8. The van der Waals surface area contributed by atoms with Crippen LogP contribution >= 0.6 is 0 Å². The van der Waals surface area contributed by atoms with Crippen molar-refractivity contribution in [2.75, 3.05) is 0 Å². The van der Waals surface area contributed by atoms with E-state index in [-0.39, 0.29) is 0 Å². The molecule has 0 radical (unpaired) electrons. The summed E-state index contributed by atoms with van der Waals surface area (Å²) in [6.45, 7) is 0. The maximum atomic E-state index is 5.41. The van der Waals surface area contributed by atoms with E-state index in [0.717, 1.165) is 45.0 Å². The molecule has 0 saturated carbocycles. The molecule has 0 N–H and O–H groups in total. The van der Waals surface area contributed by atoms with Gasteiger partial charge in [0.05, 0.1) is 39.1 Å². The molecule has 0 fully saturated rings. The molecule has 1 aliphatic rings. The van der Waals surface area contributed by atoms with Gasteiger partial charge in [0.1, 0.15) is 0 Å². The van der Waals surface area contributed by atoms with Crippen LogP contribution in [0.2, 0.25) is 0 Å². The summed E-state index contributed by atoms with van der Waals surface area (Å²) in [5, 5.41) is 7.43. The minimum Gasteiger partial charge on any atom is -0.309 e. The molecular formula is C50H30N4. The van der Waals surface area contributed by atoms with E-state index >= 15 is 0 Å². The molecule has 0 atom stereocenters. The van der Waals surface area contributed by atoms with Gasteiger partial charge < -0.3 is 9.13 Å². The highest BCUT2D eigenvalue weighted by molar-refractivity contribution is 6.20. The molecule has 0 aliphatic heterocycles. The second-order valence-corrected chi connectivity index (χ2v) is 14.1. The summed E-state index contributed by atoms with van der Waals surface area (Å²) in [5.41, 5.74) is 14.4. The molecule has 0 bridgehead atoms. The Bertz CT molecular complexity index is 3210. The summed E-state index contributed by atoms with van der Waals surface area (Å²) in [5.74, 6) is 0.716. The lowest BCUT2D eigenvalue weighted by atomic mass is 9.98. The van der Waals surface area contributed by atoms with E-state index in [2.05, 4.69) is 191 Å². The highest BCUT2D eigenvalue weighted by Gasteiger charge is 2.30. The third-order valence-corrected chi connectivity index (χ3v) is 11.3. The number of fused-ring (bicyclic) bond motifs is 9. The second-order valence-electron chi connectivity index (χ2n) is 14.1. The fourth-order valence-corrected chi connectivity index (χ4v) is 8.98. The van der Waals surface area contributed by atoms with Crippen LogP contribution in [0, 0.1) is 0 Å². The number of hydrogen-bond donors (Lipinski definition) is 0. The van der Waals surface area contributed by atoms with Crippen molar-refractivity contribution in [1.29, 1.82) is 0 Å². The highest BCUT2D eigenvalue weighted by Crippen LogP contribution is 2.52. The first kappa shape index (κ1) is 29.3. The van der Waals surface area contributed by atoms with Gasteiger partial charge in [-0.1, -0.05) is 127 Å². The van der Waals surface area contributed by atoms with Crippen molar-refractivity contribution in [2.24, 2.45) is 0 Å². The van der Waals surface area contributed by atoms with E-state index < -0.39 is 0 Å². The van der Waals surface area contributed by atoms with E-state index in [1.54, 1.807) is 0 Å². The largest absolute Gasteiger partial charge is 0.309 e. The topological polar surface area (TPSA) is 35.6 Å². The lowest BCUT2D eigenvalue weighted by Gasteiger charge is -2.14. The van der Waals surface area contributed by atoms with Crippen LogP contribution in [0.15, 0.2) is 182 Å². The average molecular weight is 687 g/mol. The second kappa shape index (κ2) is 11.1. The molecule has 0 amide bonds. The average Bonchev–Trinajstić information content (AvgIpc) is 3.88. The van der Waals surface area contributed by atoms with Crippen LogP contribution in [0.3, 0.4) is 0 Å². The van der Waals surface area contributed by atoms with Gasteiger partial charge >= 0.3 is 0 Å². The molecule has 0 saturated heterocycles. The standard InChI is InChI=1S/C50H30N4/c1-2-13-31(14-3-1)48-47-39-29-30-45(54-43-23-10-6-17-36(43)37-18-7-11-24-44(37)54)38-19-12-20-40(46(38)39)49(47)52-50(51-48)32-25-27-33(28-26-32)53-41-21-8-4-15-34(41)35-16-5-9-22-42(35)53/h1-30H. The lowest BCUT2D eigenvalue weighted by Crippen LogP contribution is -1.98. The zero-order valence-electron chi connectivity index (χ0n) is 29.1. The lowest BCUT2D eigenvalue weighted by molar-refractivity contribution is 1.17. The molecule has 250 valence electrons. The first-order valence-electron chi connectivity index (χ1n) is 18.4. The van der Waals surface area contributed by atoms with Crippen molar-refractivity contribution in [1.82, 2.24) is 19.1 Å². The third kappa shape index (κ3) is 4.02. The van der Waals surface area contributed by atoms with Crippen molar-refractivity contribution in [3.8, 4) is 56.4 Å². The van der Waals surface area contributed by atoms with Crippen LogP contribution in [-0.2, 0) is 0 Å². The summed E-state index contributed by atoms with van der Waals surface area (Å²) in [6, 6.07) is 65.2. The number of benzene rings is 8. The highest BCUT2D eigenvalue weighted by atomic mass is 15.0. The van der Waals surface area contributed by atoms with Crippen LogP contribution in [0.5, 0.6) is 0 Å². The number of hydrogen-bond acceptors (Lipinski definition) is 2. The number of aromatic nitrogens is 4. The van der Waals surface area contributed by atoms with Gasteiger partial charge in [0.25, 0.3) is 0 Å². The molecular weight excluding hydrogens is 657 g/mol. The fraction of sp³-hybridized carbons (Fsp3) is 0. The molecule has 8 aromatic carbocycles. The van der Waals surface area contributed by atoms with Crippen molar-refractivity contribution in [3.05, 3.63) is 182 Å². The van der Waals surface area contributed by atoms with Crippen LogP contribution in [-0.4, -0.2) is 19.1 Å². The Morgan fingerprint density at radius 2 is 0.852 bits per heavy atom. The van der Waals surface area contributed by atoms with E-state index in [0.29, 0.717) is 5.82 Å². The fourth-order valence-electron chi connectivity index (χ4n) is 8.98. The van der Waals surface area contributed by atoms with Crippen LogP contribution < -0.4 is 0 Å².